The van der Waals surface area contributed by atoms with Crippen LogP contribution < -0.4 is 5.32 Å². The van der Waals surface area contributed by atoms with Gasteiger partial charge < -0.3 is 5.32 Å². The molecule has 0 spiro atoms. The Morgan fingerprint density at radius 3 is 2.15 bits per heavy atom. The van der Waals surface area contributed by atoms with Gasteiger partial charge in [0.25, 0.3) is 0 Å². The largest absolute Gasteiger partial charge is 0.314 e. The second kappa shape index (κ2) is 5.64. The van der Waals surface area contributed by atoms with Crippen LogP contribution in [0.25, 0.3) is 0 Å². The highest BCUT2D eigenvalue weighted by molar-refractivity contribution is 4.85. The third kappa shape index (κ3) is 4.12. The zero-order valence-electron chi connectivity index (χ0n) is 9.47. The van der Waals surface area contributed by atoms with Crippen LogP contribution in [0.2, 0.25) is 0 Å². The Hall–Kier alpha value is -0.0400. The fourth-order valence-corrected chi connectivity index (χ4v) is 2.05. The summed E-state index contributed by atoms with van der Waals surface area (Å²) < 4.78 is 0. The second-order valence-corrected chi connectivity index (χ2v) is 4.66. The summed E-state index contributed by atoms with van der Waals surface area (Å²) in [5, 5.41) is 3.71. The molecule has 1 fully saturated rings. The molecule has 0 amide bonds. The van der Waals surface area contributed by atoms with Gasteiger partial charge in [0, 0.05) is 6.04 Å². The first-order valence-electron chi connectivity index (χ1n) is 6.01. The van der Waals surface area contributed by atoms with Gasteiger partial charge in [-0.15, -0.1) is 0 Å². The molecular weight excluding hydrogens is 158 g/mol. The zero-order valence-corrected chi connectivity index (χ0v) is 9.47. The van der Waals surface area contributed by atoms with Gasteiger partial charge in [0.15, 0.2) is 0 Å². The summed E-state index contributed by atoms with van der Waals surface area (Å²) in [6.45, 7) is 8.20. The predicted octanol–water partition coefficient (Wildman–Crippen LogP) is 3.20. The molecule has 1 nitrogen and oxygen atoms in total. The lowest BCUT2D eigenvalue weighted by molar-refractivity contribution is 0.431. The zero-order chi connectivity index (χ0) is 9.68. The van der Waals surface area contributed by atoms with Crippen LogP contribution in [0.1, 0.15) is 52.9 Å². The third-order valence-corrected chi connectivity index (χ3v) is 3.22. The van der Waals surface area contributed by atoms with E-state index in [2.05, 4.69) is 26.1 Å². The molecule has 0 heterocycles. The number of hydrogen-bond donors (Lipinski definition) is 1. The van der Waals surface area contributed by atoms with Crippen LogP contribution in [-0.2, 0) is 0 Å². The van der Waals surface area contributed by atoms with E-state index < -0.39 is 0 Å². The molecule has 0 bridgehead atoms. The fourth-order valence-electron chi connectivity index (χ4n) is 2.05. The Bertz CT molecular complexity index is 127. The van der Waals surface area contributed by atoms with Gasteiger partial charge in [-0.1, -0.05) is 33.6 Å². The van der Waals surface area contributed by atoms with E-state index in [1.54, 1.807) is 0 Å². The van der Waals surface area contributed by atoms with Crippen molar-refractivity contribution < 1.29 is 0 Å². The Balaban J connectivity index is 2.06. The highest BCUT2D eigenvalue weighted by Crippen LogP contribution is 2.36. The molecule has 0 saturated heterocycles. The summed E-state index contributed by atoms with van der Waals surface area (Å²) in [4.78, 5) is 0. The highest BCUT2D eigenvalue weighted by Gasteiger charge is 2.32. The van der Waals surface area contributed by atoms with Crippen LogP contribution in [0, 0.1) is 11.8 Å². The topological polar surface area (TPSA) is 12.0 Å². The van der Waals surface area contributed by atoms with E-state index in [-0.39, 0.29) is 0 Å². The first-order chi connectivity index (χ1) is 6.27. The van der Waals surface area contributed by atoms with Crippen LogP contribution in [-0.4, -0.2) is 12.6 Å². The normalized spacial score (nSPS) is 26.8. The lowest BCUT2D eigenvalue weighted by atomic mass is 10.1. The Kier molecular flexibility index (Phi) is 4.79. The Morgan fingerprint density at radius 2 is 1.77 bits per heavy atom. The van der Waals surface area contributed by atoms with Crippen molar-refractivity contribution in [2.75, 3.05) is 6.54 Å². The van der Waals surface area contributed by atoms with Crippen LogP contribution in [0.4, 0.5) is 0 Å². The second-order valence-electron chi connectivity index (χ2n) is 4.66. The quantitative estimate of drug-likeness (QED) is 0.639. The molecule has 1 rings (SSSR count). The minimum atomic E-state index is 0.794. The molecule has 0 radical (unpaired) electrons. The number of nitrogens with one attached hydrogen (secondary N) is 1. The van der Waals surface area contributed by atoms with Crippen LogP contribution in [0.5, 0.6) is 0 Å². The van der Waals surface area contributed by atoms with Gasteiger partial charge in [-0.05, 0) is 37.6 Å². The SMILES string of the molecule is CCCC(CCC)NCC1CC1C. The smallest absolute Gasteiger partial charge is 0.00669 e. The monoisotopic (exact) mass is 183 g/mol. The first-order valence-corrected chi connectivity index (χ1v) is 6.01. The molecule has 0 aromatic heterocycles. The molecule has 1 heteroatoms. The highest BCUT2D eigenvalue weighted by atomic mass is 14.9. The van der Waals surface area contributed by atoms with Gasteiger partial charge in [0.1, 0.15) is 0 Å². The van der Waals surface area contributed by atoms with Crippen molar-refractivity contribution in [1.82, 2.24) is 5.32 Å². The average Bonchev–Trinajstić information content (AvgIpc) is 2.79. The lowest BCUT2D eigenvalue weighted by Gasteiger charge is -2.17. The fraction of sp³-hybridized carbons (Fsp3) is 1.00. The van der Waals surface area contributed by atoms with E-state index in [9.17, 15) is 0 Å². The molecule has 1 N–H and O–H groups in total. The minimum Gasteiger partial charge on any atom is -0.314 e. The molecular formula is C12H25N. The van der Waals surface area contributed by atoms with Crippen molar-refractivity contribution in [3.8, 4) is 0 Å². The van der Waals surface area contributed by atoms with E-state index in [4.69, 9.17) is 0 Å². The predicted molar refractivity (Wildman–Crippen MR) is 58.9 cm³/mol. The van der Waals surface area contributed by atoms with Gasteiger partial charge in [-0.3, -0.25) is 0 Å². The van der Waals surface area contributed by atoms with E-state index >= 15 is 0 Å². The molecule has 1 aliphatic carbocycles. The van der Waals surface area contributed by atoms with Crippen LogP contribution in [0.3, 0.4) is 0 Å². The molecule has 78 valence electrons. The molecule has 13 heavy (non-hydrogen) atoms. The Morgan fingerprint density at radius 1 is 1.23 bits per heavy atom. The number of rotatable bonds is 7. The van der Waals surface area contributed by atoms with Gasteiger partial charge in [0.2, 0.25) is 0 Å². The van der Waals surface area contributed by atoms with Crippen molar-refractivity contribution in [3.63, 3.8) is 0 Å². The third-order valence-electron chi connectivity index (χ3n) is 3.22. The molecule has 1 saturated carbocycles. The maximum atomic E-state index is 3.71. The summed E-state index contributed by atoms with van der Waals surface area (Å²) >= 11 is 0. The molecule has 1 aliphatic rings. The summed E-state index contributed by atoms with van der Waals surface area (Å²) in [7, 11) is 0. The van der Waals surface area contributed by atoms with Gasteiger partial charge in [-0.2, -0.15) is 0 Å². The van der Waals surface area contributed by atoms with Crippen molar-refractivity contribution in [3.05, 3.63) is 0 Å². The van der Waals surface area contributed by atoms with Crippen LogP contribution in [0.15, 0.2) is 0 Å². The van der Waals surface area contributed by atoms with Crippen molar-refractivity contribution >= 4 is 0 Å². The number of hydrogen-bond acceptors (Lipinski definition) is 1. The molecule has 0 aromatic carbocycles. The van der Waals surface area contributed by atoms with Crippen LogP contribution >= 0.6 is 0 Å². The molecule has 2 unspecified atom stereocenters. The van der Waals surface area contributed by atoms with E-state index in [0.717, 1.165) is 17.9 Å². The first kappa shape index (κ1) is 11.0. The van der Waals surface area contributed by atoms with E-state index in [0.29, 0.717) is 0 Å². The van der Waals surface area contributed by atoms with E-state index in [1.807, 2.05) is 0 Å². The van der Waals surface area contributed by atoms with Gasteiger partial charge in [0.05, 0.1) is 0 Å². The lowest BCUT2D eigenvalue weighted by Crippen LogP contribution is -2.30. The van der Waals surface area contributed by atoms with Crippen molar-refractivity contribution in [2.24, 2.45) is 11.8 Å². The summed E-state index contributed by atoms with van der Waals surface area (Å²) in [5.41, 5.74) is 0. The minimum absolute atomic E-state index is 0.794. The maximum absolute atomic E-state index is 3.71. The molecule has 2 atom stereocenters. The van der Waals surface area contributed by atoms with Crippen molar-refractivity contribution in [2.45, 2.75) is 58.9 Å². The van der Waals surface area contributed by atoms with Gasteiger partial charge in [-0.25, -0.2) is 0 Å². The molecule has 0 aliphatic heterocycles. The average molecular weight is 183 g/mol. The summed E-state index contributed by atoms with van der Waals surface area (Å²) in [6, 6.07) is 0.794. The summed E-state index contributed by atoms with van der Waals surface area (Å²) in [5.74, 6) is 1.99. The maximum Gasteiger partial charge on any atom is 0.00669 e. The van der Waals surface area contributed by atoms with Crippen molar-refractivity contribution in [1.29, 1.82) is 0 Å². The molecule has 0 aromatic rings. The Labute approximate surface area is 83.3 Å². The van der Waals surface area contributed by atoms with Gasteiger partial charge >= 0.3 is 0 Å². The standard InChI is InChI=1S/C12H25N/c1-4-6-12(7-5-2)13-9-11-8-10(11)3/h10-13H,4-9H2,1-3H3. The van der Waals surface area contributed by atoms with E-state index in [1.165, 1.54) is 38.6 Å². The summed E-state index contributed by atoms with van der Waals surface area (Å²) in [6.07, 6.45) is 6.80.